The molecule has 0 saturated heterocycles. The van der Waals surface area contributed by atoms with Crippen molar-refractivity contribution in [3.63, 3.8) is 0 Å². The summed E-state index contributed by atoms with van der Waals surface area (Å²) in [7, 11) is 1.93. The number of hydrogen-bond donors (Lipinski definition) is 1. The van der Waals surface area contributed by atoms with Crippen LogP contribution in [-0.2, 0) is 11.3 Å². The van der Waals surface area contributed by atoms with E-state index in [1.807, 2.05) is 11.9 Å². The van der Waals surface area contributed by atoms with Gasteiger partial charge in [-0.3, -0.25) is 9.69 Å². The van der Waals surface area contributed by atoms with E-state index in [0.29, 0.717) is 13.1 Å². The fraction of sp³-hybridized carbons (Fsp3) is 0.364. The van der Waals surface area contributed by atoms with E-state index < -0.39 is 0 Å². The molecule has 3 nitrogen and oxygen atoms in total. The van der Waals surface area contributed by atoms with Gasteiger partial charge in [0.15, 0.2) is 0 Å². The SMILES string of the molecule is C=CCNC(=O)CN(C)Cc1csc(Br)c1. The molecule has 1 heterocycles. The van der Waals surface area contributed by atoms with Gasteiger partial charge in [0, 0.05) is 13.1 Å². The van der Waals surface area contributed by atoms with Gasteiger partial charge in [0.2, 0.25) is 5.91 Å². The van der Waals surface area contributed by atoms with Gasteiger partial charge in [-0.1, -0.05) is 6.08 Å². The fourth-order valence-electron chi connectivity index (χ4n) is 1.28. The Bertz CT molecular complexity index is 365. The van der Waals surface area contributed by atoms with Crippen LogP contribution in [0.1, 0.15) is 5.56 Å². The summed E-state index contributed by atoms with van der Waals surface area (Å²) in [6.07, 6.45) is 1.67. The summed E-state index contributed by atoms with van der Waals surface area (Å²) in [5.41, 5.74) is 1.22. The van der Waals surface area contributed by atoms with Crippen LogP contribution in [0.15, 0.2) is 27.9 Å². The summed E-state index contributed by atoms with van der Waals surface area (Å²) >= 11 is 5.07. The second-order valence-corrected chi connectivity index (χ2v) is 5.81. The molecule has 1 rings (SSSR count). The maximum Gasteiger partial charge on any atom is 0.234 e. The van der Waals surface area contributed by atoms with E-state index in [1.54, 1.807) is 17.4 Å². The maximum atomic E-state index is 11.4. The van der Waals surface area contributed by atoms with E-state index in [2.05, 4.69) is 39.3 Å². The molecule has 0 aromatic carbocycles. The summed E-state index contributed by atoms with van der Waals surface area (Å²) in [5, 5.41) is 4.83. The van der Waals surface area contributed by atoms with Gasteiger partial charge in [0.05, 0.1) is 10.3 Å². The maximum absolute atomic E-state index is 11.4. The molecule has 0 atom stereocenters. The molecule has 16 heavy (non-hydrogen) atoms. The minimum Gasteiger partial charge on any atom is -0.352 e. The lowest BCUT2D eigenvalue weighted by molar-refractivity contribution is -0.121. The third-order valence-corrected chi connectivity index (χ3v) is 3.48. The highest BCUT2D eigenvalue weighted by molar-refractivity contribution is 9.11. The average molecular weight is 303 g/mol. The first-order valence-electron chi connectivity index (χ1n) is 4.91. The second kappa shape index (κ2) is 6.83. The largest absolute Gasteiger partial charge is 0.352 e. The first kappa shape index (κ1) is 13.4. The van der Waals surface area contributed by atoms with E-state index in [4.69, 9.17) is 0 Å². The third-order valence-electron chi connectivity index (χ3n) is 1.93. The van der Waals surface area contributed by atoms with Gasteiger partial charge in [-0.25, -0.2) is 0 Å². The topological polar surface area (TPSA) is 32.3 Å². The van der Waals surface area contributed by atoms with Crippen LogP contribution in [0.3, 0.4) is 0 Å². The normalized spacial score (nSPS) is 10.4. The molecular formula is C11H15BrN2OS. The highest BCUT2D eigenvalue weighted by atomic mass is 79.9. The summed E-state index contributed by atoms with van der Waals surface area (Å²) in [6.45, 7) is 5.26. The van der Waals surface area contributed by atoms with Crippen LogP contribution in [0.25, 0.3) is 0 Å². The van der Waals surface area contributed by atoms with Gasteiger partial charge in [-0.15, -0.1) is 17.9 Å². The van der Waals surface area contributed by atoms with Gasteiger partial charge < -0.3 is 5.32 Å². The van der Waals surface area contributed by atoms with Gasteiger partial charge in [0.25, 0.3) is 0 Å². The number of halogens is 1. The molecule has 0 aliphatic heterocycles. The molecule has 0 fully saturated rings. The van der Waals surface area contributed by atoms with Crippen LogP contribution in [0.2, 0.25) is 0 Å². The van der Waals surface area contributed by atoms with Gasteiger partial charge in [-0.05, 0) is 40.0 Å². The number of thiophene rings is 1. The minimum atomic E-state index is 0.0247. The fourth-order valence-corrected chi connectivity index (χ4v) is 2.48. The molecule has 1 N–H and O–H groups in total. The van der Waals surface area contributed by atoms with Crippen LogP contribution in [-0.4, -0.2) is 30.9 Å². The Labute approximate surface area is 108 Å². The number of carbonyl (C=O) groups is 1. The molecular weight excluding hydrogens is 288 g/mol. The molecule has 0 spiro atoms. The van der Waals surface area contributed by atoms with E-state index >= 15 is 0 Å². The summed E-state index contributed by atoms with van der Waals surface area (Å²) in [6, 6.07) is 2.07. The summed E-state index contributed by atoms with van der Waals surface area (Å²) < 4.78 is 1.12. The highest BCUT2D eigenvalue weighted by Gasteiger charge is 2.07. The molecule has 5 heteroatoms. The summed E-state index contributed by atoms with van der Waals surface area (Å²) in [4.78, 5) is 13.4. The molecule has 0 bridgehead atoms. The van der Waals surface area contributed by atoms with Crippen LogP contribution < -0.4 is 5.32 Å². The lowest BCUT2D eigenvalue weighted by atomic mass is 10.3. The van der Waals surface area contributed by atoms with Crippen molar-refractivity contribution in [2.24, 2.45) is 0 Å². The number of carbonyl (C=O) groups excluding carboxylic acids is 1. The van der Waals surface area contributed by atoms with Crippen molar-refractivity contribution >= 4 is 33.2 Å². The number of amides is 1. The van der Waals surface area contributed by atoms with Crippen molar-refractivity contribution in [3.05, 3.63) is 33.5 Å². The van der Waals surface area contributed by atoms with Crippen molar-refractivity contribution in [3.8, 4) is 0 Å². The molecule has 0 aliphatic carbocycles. The quantitative estimate of drug-likeness (QED) is 0.818. The number of nitrogens with one attached hydrogen (secondary N) is 1. The Kier molecular flexibility index (Phi) is 5.73. The zero-order chi connectivity index (χ0) is 12.0. The zero-order valence-electron chi connectivity index (χ0n) is 9.20. The molecule has 1 amide bonds. The zero-order valence-corrected chi connectivity index (χ0v) is 11.6. The Balaban J connectivity index is 2.32. The van der Waals surface area contributed by atoms with E-state index in [1.165, 1.54) is 5.56 Å². The van der Waals surface area contributed by atoms with Crippen molar-refractivity contribution < 1.29 is 4.79 Å². The van der Waals surface area contributed by atoms with Crippen molar-refractivity contribution in [2.75, 3.05) is 20.1 Å². The number of likely N-dealkylation sites (N-methyl/N-ethyl adjacent to an activating group) is 1. The number of rotatable bonds is 6. The van der Waals surface area contributed by atoms with E-state index in [-0.39, 0.29) is 5.91 Å². The lowest BCUT2D eigenvalue weighted by Gasteiger charge is -2.14. The average Bonchev–Trinajstić information content (AvgIpc) is 2.60. The molecule has 88 valence electrons. The Hall–Kier alpha value is -0.650. The first-order valence-corrected chi connectivity index (χ1v) is 6.58. The lowest BCUT2D eigenvalue weighted by Crippen LogP contribution is -2.34. The predicted octanol–water partition coefficient (Wildman–Crippen LogP) is 2.24. The van der Waals surface area contributed by atoms with Gasteiger partial charge in [-0.2, -0.15) is 0 Å². The standard InChI is InChI=1S/C11H15BrN2OS/c1-3-4-13-11(15)7-14(2)6-9-5-10(12)16-8-9/h3,5,8H,1,4,6-7H2,2H3,(H,13,15). The van der Waals surface area contributed by atoms with Gasteiger partial charge >= 0.3 is 0 Å². The van der Waals surface area contributed by atoms with E-state index in [9.17, 15) is 4.79 Å². The smallest absolute Gasteiger partial charge is 0.234 e. The number of nitrogens with zero attached hydrogens (tertiary/aromatic N) is 1. The van der Waals surface area contributed by atoms with Crippen LogP contribution in [0.5, 0.6) is 0 Å². The minimum absolute atomic E-state index is 0.0247. The van der Waals surface area contributed by atoms with Crippen molar-refractivity contribution in [2.45, 2.75) is 6.54 Å². The second-order valence-electron chi connectivity index (χ2n) is 3.52. The molecule has 0 radical (unpaired) electrons. The number of hydrogen-bond acceptors (Lipinski definition) is 3. The molecule has 1 aromatic rings. The molecule has 0 aliphatic rings. The third kappa shape index (κ3) is 4.92. The highest BCUT2D eigenvalue weighted by Crippen LogP contribution is 2.21. The first-order chi connectivity index (χ1) is 7.61. The molecule has 0 saturated carbocycles. The van der Waals surface area contributed by atoms with E-state index in [0.717, 1.165) is 10.3 Å². The summed E-state index contributed by atoms with van der Waals surface area (Å²) in [5.74, 6) is 0.0247. The Morgan fingerprint density at radius 1 is 1.75 bits per heavy atom. The Morgan fingerprint density at radius 3 is 3.06 bits per heavy atom. The van der Waals surface area contributed by atoms with Crippen LogP contribution in [0, 0.1) is 0 Å². The Morgan fingerprint density at radius 2 is 2.50 bits per heavy atom. The molecule has 1 aromatic heterocycles. The van der Waals surface area contributed by atoms with Crippen LogP contribution >= 0.6 is 27.3 Å². The monoisotopic (exact) mass is 302 g/mol. The predicted molar refractivity (Wildman–Crippen MR) is 71.6 cm³/mol. The van der Waals surface area contributed by atoms with Crippen molar-refractivity contribution in [1.82, 2.24) is 10.2 Å². The van der Waals surface area contributed by atoms with Crippen LogP contribution in [0.4, 0.5) is 0 Å². The van der Waals surface area contributed by atoms with Crippen molar-refractivity contribution in [1.29, 1.82) is 0 Å². The molecule has 0 unspecified atom stereocenters. The van der Waals surface area contributed by atoms with Gasteiger partial charge in [0.1, 0.15) is 0 Å².